The standard InChI is InChI=1S/C23H19N3O3S/c27-20(24-18-11-10-15-6-4-5-9-17(15)18)14-25-19-12-13-30-21(19)22(28)26(23(25)29)16-7-2-1-3-8-16/h1-9,12-13,18H,10-11,14H2,(H,24,27). The molecule has 6 nitrogen and oxygen atoms in total. The molecule has 2 aromatic heterocycles. The average Bonchev–Trinajstić information content (AvgIpc) is 3.40. The first kappa shape index (κ1) is 18.6. The zero-order chi connectivity index (χ0) is 20.7. The van der Waals surface area contributed by atoms with Crippen LogP contribution in [0.4, 0.5) is 0 Å². The van der Waals surface area contributed by atoms with Gasteiger partial charge in [-0.3, -0.25) is 14.2 Å². The van der Waals surface area contributed by atoms with Crippen molar-refractivity contribution in [1.82, 2.24) is 14.5 Å². The monoisotopic (exact) mass is 417 g/mol. The molecule has 150 valence electrons. The Hall–Kier alpha value is -3.45. The number of nitrogens with one attached hydrogen (secondary N) is 1. The van der Waals surface area contributed by atoms with Crippen LogP contribution in [0.3, 0.4) is 0 Å². The molecule has 0 radical (unpaired) electrons. The van der Waals surface area contributed by atoms with Crippen LogP contribution >= 0.6 is 11.3 Å². The predicted octanol–water partition coefficient (Wildman–Crippen LogP) is 3.02. The molecule has 0 fully saturated rings. The summed E-state index contributed by atoms with van der Waals surface area (Å²) in [6.45, 7) is -0.141. The molecule has 1 amide bonds. The second-order valence-corrected chi connectivity index (χ2v) is 8.25. The van der Waals surface area contributed by atoms with Crippen molar-refractivity contribution in [3.05, 3.63) is 98.0 Å². The summed E-state index contributed by atoms with van der Waals surface area (Å²) in [5, 5.41) is 4.83. The van der Waals surface area contributed by atoms with Crippen molar-refractivity contribution in [1.29, 1.82) is 0 Å². The summed E-state index contributed by atoms with van der Waals surface area (Å²) in [5.41, 5.74) is 2.48. The first-order chi connectivity index (χ1) is 14.6. The molecular weight excluding hydrogens is 398 g/mol. The van der Waals surface area contributed by atoms with Gasteiger partial charge in [0, 0.05) is 0 Å². The fourth-order valence-electron chi connectivity index (χ4n) is 4.14. The number of carbonyl (C=O) groups is 1. The molecule has 4 aromatic rings. The lowest BCUT2D eigenvalue weighted by Gasteiger charge is -2.16. The van der Waals surface area contributed by atoms with Crippen LogP contribution in [0.25, 0.3) is 15.9 Å². The Kier molecular flexibility index (Phi) is 4.59. The van der Waals surface area contributed by atoms with Gasteiger partial charge in [-0.05, 0) is 47.5 Å². The molecule has 5 rings (SSSR count). The Morgan fingerprint density at radius 3 is 2.63 bits per heavy atom. The average molecular weight is 417 g/mol. The maximum Gasteiger partial charge on any atom is 0.336 e. The zero-order valence-corrected chi connectivity index (χ0v) is 16.9. The highest BCUT2D eigenvalue weighted by Crippen LogP contribution is 2.30. The molecule has 2 heterocycles. The summed E-state index contributed by atoms with van der Waals surface area (Å²) in [4.78, 5) is 39.0. The van der Waals surface area contributed by atoms with Crippen LogP contribution in [0, 0.1) is 0 Å². The molecule has 1 atom stereocenters. The van der Waals surface area contributed by atoms with Gasteiger partial charge in [0.25, 0.3) is 5.56 Å². The number of aryl methyl sites for hydroxylation is 1. The van der Waals surface area contributed by atoms with E-state index in [1.807, 2.05) is 24.3 Å². The summed E-state index contributed by atoms with van der Waals surface area (Å²) < 4.78 is 2.98. The van der Waals surface area contributed by atoms with Gasteiger partial charge in [-0.15, -0.1) is 11.3 Å². The van der Waals surface area contributed by atoms with Crippen molar-refractivity contribution in [3.63, 3.8) is 0 Å². The fraction of sp³-hybridized carbons (Fsp3) is 0.174. The number of para-hydroxylation sites is 1. The SMILES string of the molecule is O=C(Cn1c(=O)n(-c2ccccc2)c(=O)c2sccc21)NC1CCc2ccccc21. The highest BCUT2D eigenvalue weighted by Gasteiger charge is 2.24. The van der Waals surface area contributed by atoms with E-state index in [0.29, 0.717) is 15.9 Å². The normalized spacial score (nSPS) is 15.3. The Morgan fingerprint density at radius 2 is 1.80 bits per heavy atom. The smallest absolute Gasteiger partial charge is 0.336 e. The summed E-state index contributed by atoms with van der Waals surface area (Å²) in [6, 6.07) is 18.5. The third-order valence-electron chi connectivity index (χ3n) is 5.54. The van der Waals surface area contributed by atoms with E-state index in [-0.39, 0.29) is 24.1 Å². The minimum Gasteiger partial charge on any atom is -0.348 e. The molecule has 7 heteroatoms. The molecule has 1 N–H and O–H groups in total. The molecule has 1 aliphatic rings. The lowest BCUT2D eigenvalue weighted by atomic mass is 10.1. The minimum absolute atomic E-state index is 0.0533. The lowest BCUT2D eigenvalue weighted by molar-refractivity contribution is -0.122. The number of benzene rings is 2. The Bertz CT molecular complexity index is 1370. The van der Waals surface area contributed by atoms with Gasteiger partial charge in [0.15, 0.2) is 0 Å². The number of amides is 1. The van der Waals surface area contributed by atoms with Crippen LogP contribution < -0.4 is 16.6 Å². The van der Waals surface area contributed by atoms with Crippen molar-refractivity contribution in [2.45, 2.75) is 25.4 Å². The van der Waals surface area contributed by atoms with Crippen molar-refractivity contribution < 1.29 is 4.79 Å². The van der Waals surface area contributed by atoms with Crippen LogP contribution in [0.5, 0.6) is 0 Å². The number of rotatable bonds is 4. The maximum absolute atomic E-state index is 13.2. The van der Waals surface area contributed by atoms with Crippen molar-refractivity contribution in [2.75, 3.05) is 0 Å². The molecule has 1 unspecified atom stereocenters. The van der Waals surface area contributed by atoms with Gasteiger partial charge in [-0.2, -0.15) is 0 Å². The van der Waals surface area contributed by atoms with E-state index in [4.69, 9.17) is 0 Å². The quantitative estimate of drug-likeness (QED) is 0.555. The fourth-order valence-corrected chi connectivity index (χ4v) is 4.96. The summed E-state index contributed by atoms with van der Waals surface area (Å²) in [7, 11) is 0. The third kappa shape index (κ3) is 3.07. The number of fused-ring (bicyclic) bond motifs is 2. The van der Waals surface area contributed by atoms with E-state index < -0.39 is 5.69 Å². The van der Waals surface area contributed by atoms with Crippen LogP contribution in [0.1, 0.15) is 23.6 Å². The molecule has 0 saturated carbocycles. The van der Waals surface area contributed by atoms with Crippen molar-refractivity contribution in [3.8, 4) is 5.69 Å². The number of thiophene rings is 1. The zero-order valence-electron chi connectivity index (χ0n) is 16.1. The minimum atomic E-state index is -0.515. The Balaban J connectivity index is 1.52. The van der Waals surface area contributed by atoms with Crippen LogP contribution in [0.2, 0.25) is 0 Å². The molecule has 30 heavy (non-hydrogen) atoms. The van der Waals surface area contributed by atoms with Crippen molar-refractivity contribution in [2.24, 2.45) is 0 Å². The molecule has 1 aliphatic carbocycles. The first-order valence-electron chi connectivity index (χ1n) is 9.79. The number of hydrogen-bond acceptors (Lipinski definition) is 4. The van der Waals surface area contributed by atoms with Gasteiger partial charge in [0.1, 0.15) is 11.2 Å². The van der Waals surface area contributed by atoms with Gasteiger partial charge >= 0.3 is 5.69 Å². The summed E-state index contributed by atoms with van der Waals surface area (Å²) in [6.07, 6.45) is 1.77. The molecule has 0 aliphatic heterocycles. The van der Waals surface area contributed by atoms with Gasteiger partial charge in [0.05, 0.1) is 17.2 Å². The Morgan fingerprint density at radius 1 is 1.03 bits per heavy atom. The van der Waals surface area contributed by atoms with E-state index in [0.717, 1.165) is 23.0 Å². The first-order valence-corrected chi connectivity index (χ1v) is 10.7. The van der Waals surface area contributed by atoms with Gasteiger partial charge in [0.2, 0.25) is 5.91 Å². The second kappa shape index (κ2) is 7.42. The Labute approximate surface area is 176 Å². The van der Waals surface area contributed by atoms with Crippen LogP contribution in [0.15, 0.2) is 75.6 Å². The van der Waals surface area contributed by atoms with Gasteiger partial charge < -0.3 is 5.32 Å². The summed E-state index contributed by atoms with van der Waals surface area (Å²) >= 11 is 1.27. The summed E-state index contributed by atoms with van der Waals surface area (Å²) in [5.74, 6) is -0.246. The number of hydrogen-bond donors (Lipinski definition) is 1. The van der Waals surface area contributed by atoms with E-state index in [2.05, 4.69) is 11.4 Å². The number of aromatic nitrogens is 2. The predicted molar refractivity (Wildman–Crippen MR) is 117 cm³/mol. The maximum atomic E-state index is 13.2. The molecule has 2 aromatic carbocycles. The lowest BCUT2D eigenvalue weighted by Crippen LogP contribution is -2.41. The molecule has 0 spiro atoms. The molecular formula is C23H19N3O3S. The van der Waals surface area contributed by atoms with Crippen molar-refractivity contribution >= 4 is 27.5 Å². The largest absolute Gasteiger partial charge is 0.348 e. The third-order valence-corrected chi connectivity index (χ3v) is 6.43. The highest BCUT2D eigenvalue weighted by molar-refractivity contribution is 7.17. The van der Waals surface area contributed by atoms with Crippen LogP contribution in [-0.2, 0) is 17.8 Å². The number of nitrogens with zero attached hydrogens (tertiary/aromatic N) is 2. The van der Waals surface area contributed by atoms with Crippen LogP contribution in [-0.4, -0.2) is 15.0 Å². The molecule has 0 bridgehead atoms. The highest BCUT2D eigenvalue weighted by atomic mass is 32.1. The molecule has 0 saturated heterocycles. The van der Waals surface area contributed by atoms with E-state index in [1.54, 1.807) is 35.7 Å². The van der Waals surface area contributed by atoms with E-state index in [1.165, 1.54) is 21.5 Å². The van der Waals surface area contributed by atoms with Gasteiger partial charge in [-0.25, -0.2) is 9.36 Å². The van der Waals surface area contributed by atoms with E-state index >= 15 is 0 Å². The van der Waals surface area contributed by atoms with Gasteiger partial charge in [-0.1, -0.05) is 42.5 Å². The number of carbonyl (C=O) groups excluding carboxylic acids is 1. The second-order valence-electron chi connectivity index (χ2n) is 7.34. The topological polar surface area (TPSA) is 73.1 Å². The van der Waals surface area contributed by atoms with E-state index in [9.17, 15) is 14.4 Å².